The monoisotopic (exact) mass is 288 g/mol. The fraction of sp³-hybridized carbons (Fsp3) is 0.100. The zero-order chi connectivity index (χ0) is 14.4. The summed E-state index contributed by atoms with van der Waals surface area (Å²) >= 11 is 1.91. The second kappa shape index (κ2) is 4.71. The van der Waals surface area contributed by atoms with Gasteiger partial charge in [-0.05, 0) is 48.2 Å². The maximum Gasteiger partial charge on any atom is 0.0387 e. The van der Waals surface area contributed by atoms with Crippen LogP contribution in [0.15, 0.2) is 60.7 Å². The molecular formula is C20H16S. The van der Waals surface area contributed by atoms with Crippen LogP contribution in [0.1, 0.15) is 11.1 Å². The minimum atomic E-state index is 1.28. The summed E-state index contributed by atoms with van der Waals surface area (Å²) < 4.78 is 2.80. The van der Waals surface area contributed by atoms with Gasteiger partial charge in [-0.2, -0.15) is 0 Å². The van der Waals surface area contributed by atoms with E-state index in [-0.39, 0.29) is 0 Å². The van der Waals surface area contributed by atoms with Crippen molar-refractivity contribution < 1.29 is 0 Å². The van der Waals surface area contributed by atoms with Crippen molar-refractivity contribution in [3.05, 3.63) is 71.8 Å². The van der Waals surface area contributed by atoms with E-state index < -0.39 is 0 Å². The lowest BCUT2D eigenvalue weighted by molar-refractivity contribution is 1.39. The van der Waals surface area contributed by atoms with Crippen molar-refractivity contribution in [1.29, 1.82) is 0 Å². The predicted octanol–water partition coefficient (Wildman–Crippen LogP) is 6.34. The largest absolute Gasteiger partial charge is 0.135 e. The zero-order valence-corrected chi connectivity index (χ0v) is 13.0. The van der Waals surface area contributed by atoms with Gasteiger partial charge < -0.3 is 0 Å². The Morgan fingerprint density at radius 2 is 1.52 bits per heavy atom. The van der Waals surface area contributed by atoms with Gasteiger partial charge in [0.15, 0.2) is 0 Å². The molecule has 0 aliphatic carbocycles. The number of thiophene rings is 1. The molecule has 0 saturated carbocycles. The molecule has 102 valence electrons. The lowest BCUT2D eigenvalue weighted by atomic mass is 10.0. The number of benzene rings is 3. The maximum absolute atomic E-state index is 2.33. The van der Waals surface area contributed by atoms with Gasteiger partial charge in [-0.3, -0.25) is 0 Å². The summed E-state index contributed by atoms with van der Waals surface area (Å²) in [4.78, 5) is 0. The molecule has 4 aromatic rings. The number of rotatable bonds is 1. The second-order valence-corrected chi connectivity index (χ2v) is 6.62. The Morgan fingerprint density at radius 3 is 2.33 bits per heavy atom. The van der Waals surface area contributed by atoms with E-state index in [1.165, 1.54) is 42.4 Å². The molecule has 0 nitrogen and oxygen atoms in total. The lowest BCUT2D eigenvalue weighted by Crippen LogP contribution is -1.79. The third-order valence-electron chi connectivity index (χ3n) is 4.27. The third kappa shape index (κ3) is 1.97. The quantitative estimate of drug-likeness (QED) is 0.383. The maximum atomic E-state index is 2.33. The molecule has 1 aromatic heterocycles. The first-order valence-electron chi connectivity index (χ1n) is 7.22. The van der Waals surface area contributed by atoms with Crippen LogP contribution in [0.5, 0.6) is 0 Å². The normalized spacial score (nSPS) is 11.3. The molecule has 3 aromatic carbocycles. The molecule has 0 fully saturated rings. The smallest absolute Gasteiger partial charge is 0.0387 e. The number of aryl methyl sites for hydroxylation is 2. The first-order valence-corrected chi connectivity index (χ1v) is 8.03. The van der Waals surface area contributed by atoms with E-state index >= 15 is 0 Å². The Balaban J connectivity index is 2.03. The van der Waals surface area contributed by atoms with Crippen LogP contribution >= 0.6 is 11.3 Å². The summed E-state index contributed by atoms with van der Waals surface area (Å²) in [5.74, 6) is 0. The van der Waals surface area contributed by atoms with Gasteiger partial charge in [-0.15, -0.1) is 11.3 Å². The number of hydrogen-bond donors (Lipinski definition) is 0. The number of hydrogen-bond acceptors (Lipinski definition) is 1. The lowest BCUT2D eigenvalue weighted by Gasteiger charge is -2.02. The molecule has 0 aliphatic rings. The minimum absolute atomic E-state index is 1.28. The van der Waals surface area contributed by atoms with E-state index in [0.717, 1.165) is 0 Å². The van der Waals surface area contributed by atoms with Crippen LogP contribution in [-0.2, 0) is 0 Å². The van der Waals surface area contributed by atoms with E-state index in [9.17, 15) is 0 Å². The highest BCUT2D eigenvalue weighted by molar-refractivity contribution is 7.26. The van der Waals surface area contributed by atoms with Crippen molar-refractivity contribution in [1.82, 2.24) is 0 Å². The molecule has 0 atom stereocenters. The fourth-order valence-corrected chi connectivity index (χ4v) is 4.12. The summed E-state index contributed by atoms with van der Waals surface area (Å²) in [5.41, 5.74) is 5.36. The summed E-state index contributed by atoms with van der Waals surface area (Å²) in [5, 5.41) is 2.76. The van der Waals surface area contributed by atoms with Crippen LogP contribution in [0.2, 0.25) is 0 Å². The molecule has 0 bridgehead atoms. The van der Waals surface area contributed by atoms with Crippen molar-refractivity contribution in [3.8, 4) is 11.1 Å². The van der Waals surface area contributed by atoms with Crippen LogP contribution in [0, 0.1) is 13.8 Å². The van der Waals surface area contributed by atoms with Crippen molar-refractivity contribution in [3.63, 3.8) is 0 Å². The Hall–Kier alpha value is -2.12. The van der Waals surface area contributed by atoms with Crippen molar-refractivity contribution >= 4 is 31.5 Å². The van der Waals surface area contributed by atoms with Crippen LogP contribution in [0.3, 0.4) is 0 Å². The van der Waals surface area contributed by atoms with Gasteiger partial charge in [0.25, 0.3) is 0 Å². The van der Waals surface area contributed by atoms with Crippen molar-refractivity contribution in [2.45, 2.75) is 13.8 Å². The molecule has 0 N–H and O–H groups in total. The first kappa shape index (κ1) is 12.6. The standard InChI is InChI=1S/C20H16S/c1-13-8-10-17-18-12-16(15-6-4-3-5-7-15)9-11-19(18)21-20(17)14(13)2/h3-12H,1-2H3. The van der Waals surface area contributed by atoms with Crippen LogP contribution in [0.4, 0.5) is 0 Å². The van der Waals surface area contributed by atoms with Crippen molar-refractivity contribution in [2.24, 2.45) is 0 Å². The summed E-state index contributed by atoms with van der Waals surface area (Å²) in [6.07, 6.45) is 0. The van der Waals surface area contributed by atoms with Gasteiger partial charge in [-0.25, -0.2) is 0 Å². The van der Waals surface area contributed by atoms with E-state index in [4.69, 9.17) is 0 Å². The van der Waals surface area contributed by atoms with E-state index in [1.807, 2.05) is 11.3 Å². The Kier molecular flexibility index (Phi) is 2.83. The topological polar surface area (TPSA) is 0 Å². The zero-order valence-electron chi connectivity index (χ0n) is 12.2. The molecule has 0 amide bonds. The van der Waals surface area contributed by atoms with Gasteiger partial charge in [0.2, 0.25) is 0 Å². The molecule has 0 saturated heterocycles. The predicted molar refractivity (Wildman–Crippen MR) is 94.2 cm³/mol. The molecule has 0 spiro atoms. The molecular weight excluding hydrogens is 272 g/mol. The average molecular weight is 288 g/mol. The molecule has 21 heavy (non-hydrogen) atoms. The summed E-state index contributed by atoms with van der Waals surface area (Å²) in [7, 11) is 0. The van der Waals surface area contributed by atoms with Crippen LogP contribution in [0.25, 0.3) is 31.3 Å². The Bertz CT molecular complexity index is 946. The van der Waals surface area contributed by atoms with Gasteiger partial charge in [0, 0.05) is 20.2 Å². The summed E-state index contributed by atoms with van der Waals surface area (Å²) in [6, 6.07) is 21.9. The van der Waals surface area contributed by atoms with Crippen molar-refractivity contribution in [2.75, 3.05) is 0 Å². The first-order chi connectivity index (χ1) is 10.2. The molecule has 0 radical (unpaired) electrons. The SMILES string of the molecule is Cc1ccc2c(sc3ccc(-c4ccccc4)cc32)c1C. The molecule has 0 unspecified atom stereocenters. The Morgan fingerprint density at radius 1 is 0.714 bits per heavy atom. The highest BCUT2D eigenvalue weighted by atomic mass is 32.1. The molecule has 0 aliphatic heterocycles. The van der Waals surface area contributed by atoms with E-state index in [2.05, 4.69) is 74.5 Å². The third-order valence-corrected chi connectivity index (χ3v) is 5.57. The molecule has 4 rings (SSSR count). The minimum Gasteiger partial charge on any atom is -0.135 e. The average Bonchev–Trinajstić information content (AvgIpc) is 2.90. The van der Waals surface area contributed by atoms with Gasteiger partial charge >= 0.3 is 0 Å². The van der Waals surface area contributed by atoms with Gasteiger partial charge in [-0.1, -0.05) is 48.5 Å². The highest BCUT2D eigenvalue weighted by Crippen LogP contribution is 2.38. The Labute approximate surface area is 128 Å². The van der Waals surface area contributed by atoms with Gasteiger partial charge in [0.1, 0.15) is 0 Å². The number of fused-ring (bicyclic) bond motifs is 3. The molecule has 1 heterocycles. The fourth-order valence-electron chi connectivity index (χ4n) is 2.88. The van der Waals surface area contributed by atoms with E-state index in [0.29, 0.717) is 0 Å². The second-order valence-electron chi connectivity index (χ2n) is 5.56. The van der Waals surface area contributed by atoms with Crippen LogP contribution in [-0.4, -0.2) is 0 Å². The van der Waals surface area contributed by atoms with Gasteiger partial charge in [0.05, 0.1) is 0 Å². The van der Waals surface area contributed by atoms with E-state index in [1.54, 1.807) is 0 Å². The molecule has 1 heteroatoms. The van der Waals surface area contributed by atoms with Crippen LogP contribution < -0.4 is 0 Å². The summed E-state index contributed by atoms with van der Waals surface area (Å²) in [6.45, 7) is 4.42. The highest BCUT2D eigenvalue weighted by Gasteiger charge is 2.09.